The summed E-state index contributed by atoms with van der Waals surface area (Å²) in [5.74, 6) is -0.748. The van der Waals surface area contributed by atoms with Crippen molar-refractivity contribution in [2.75, 3.05) is 13.2 Å². The number of hydrogen-bond acceptors (Lipinski definition) is 6. The molecule has 1 aliphatic heterocycles. The molecule has 0 amide bonds. The molecule has 6 nitrogen and oxygen atoms in total. The molecular weight excluding hydrogens is 358 g/mol. The molecule has 4 atom stereocenters. The average Bonchev–Trinajstić information content (AvgIpc) is 2.66. The molecule has 0 radical (unpaired) electrons. The van der Waals surface area contributed by atoms with Crippen LogP contribution in [0, 0.1) is 5.92 Å². The molecule has 1 heterocycles. The van der Waals surface area contributed by atoms with Gasteiger partial charge in [0, 0.05) is 11.1 Å². The molecule has 1 aliphatic rings. The van der Waals surface area contributed by atoms with Crippen molar-refractivity contribution in [1.82, 2.24) is 5.06 Å². The molecule has 0 N–H and O–H groups in total. The Morgan fingerprint density at radius 2 is 1.79 bits per heavy atom. The summed E-state index contributed by atoms with van der Waals surface area (Å²) >= 11 is 0. The van der Waals surface area contributed by atoms with Crippen LogP contribution in [0.25, 0.3) is 0 Å². The number of carbonyl (C=O) groups excluding carboxylic acids is 2. The molecule has 6 heteroatoms. The third-order valence-corrected chi connectivity index (χ3v) is 6.09. The van der Waals surface area contributed by atoms with Crippen LogP contribution in [0.5, 0.6) is 0 Å². The van der Waals surface area contributed by atoms with E-state index < -0.39 is 18.0 Å². The van der Waals surface area contributed by atoms with Gasteiger partial charge in [-0.3, -0.25) is 4.84 Å². The zero-order valence-corrected chi connectivity index (χ0v) is 18.6. The molecule has 0 saturated carbocycles. The summed E-state index contributed by atoms with van der Waals surface area (Å²) in [4.78, 5) is 29.9. The van der Waals surface area contributed by atoms with Gasteiger partial charge in [-0.2, -0.15) is 5.06 Å². The first-order valence-electron chi connectivity index (χ1n) is 10.1. The number of carbonyl (C=O) groups is 2. The number of hydrogen-bond donors (Lipinski definition) is 0. The Bertz CT molecular complexity index is 616. The van der Waals surface area contributed by atoms with Gasteiger partial charge < -0.3 is 9.47 Å². The Kier molecular flexibility index (Phi) is 8.45. The van der Waals surface area contributed by atoms with Crippen LogP contribution >= 0.6 is 0 Å². The van der Waals surface area contributed by atoms with E-state index in [1.807, 2.05) is 5.06 Å². The predicted molar refractivity (Wildman–Crippen MR) is 109 cm³/mol. The van der Waals surface area contributed by atoms with Crippen molar-refractivity contribution in [3.8, 4) is 0 Å². The molecule has 0 spiro atoms. The normalized spacial score (nSPS) is 29.2. The second-order valence-electron chi connectivity index (χ2n) is 8.24. The maximum atomic E-state index is 12.4. The van der Waals surface area contributed by atoms with Crippen molar-refractivity contribution in [1.29, 1.82) is 0 Å². The van der Waals surface area contributed by atoms with Crippen LogP contribution in [0.3, 0.4) is 0 Å². The predicted octanol–water partition coefficient (Wildman–Crippen LogP) is 4.20. The van der Waals surface area contributed by atoms with Gasteiger partial charge in [0.25, 0.3) is 0 Å². The standard InChI is InChI=1S/C22H37NO5/c1-10-21(8)14-16(5)17(6)22(9,11-2)23(21)28-18(7)20(25)27-13-12-26-19(24)15(3)4/h17-18H,3,5,10-14H2,1-2,4,6-9H3. The molecule has 0 aromatic heterocycles. The number of piperidine rings is 1. The highest BCUT2D eigenvalue weighted by molar-refractivity contribution is 5.86. The van der Waals surface area contributed by atoms with E-state index in [0.29, 0.717) is 5.57 Å². The van der Waals surface area contributed by atoms with E-state index in [4.69, 9.17) is 14.3 Å². The van der Waals surface area contributed by atoms with Gasteiger partial charge in [-0.15, -0.1) is 0 Å². The minimum Gasteiger partial charge on any atom is -0.460 e. The quantitative estimate of drug-likeness (QED) is 0.252. The molecule has 1 saturated heterocycles. The van der Waals surface area contributed by atoms with Crippen LogP contribution in [0.2, 0.25) is 0 Å². The van der Waals surface area contributed by atoms with E-state index in [-0.39, 0.29) is 30.2 Å². The second kappa shape index (κ2) is 9.70. The fourth-order valence-electron chi connectivity index (χ4n) is 3.63. The lowest BCUT2D eigenvalue weighted by Gasteiger charge is -2.58. The van der Waals surface area contributed by atoms with E-state index in [2.05, 4.69) is 47.8 Å². The highest BCUT2D eigenvalue weighted by atomic mass is 16.7. The minimum absolute atomic E-state index is 0.00984. The van der Waals surface area contributed by atoms with Crippen LogP contribution < -0.4 is 0 Å². The fourth-order valence-corrected chi connectivity index (χ4v) is 3.63. The molecule has 0 aliphatic carbocycles. The Morgan fingerprint density at radius 1 is 1.21 bits per heavy atom. The number of ether oxygens (including phenoxy) is 2. The largest absolute Gasteiger partial charge is 0.460 e. The van der Waals surface area contributed by atoms with Gasteiger partial charge in [0.15, 0.2) is 6.10 Å². The van der Waals surface area contributed by atoms with E-state index in [9.17, 15) is 9.59 Å². The van der Waals surface area contributed by atoms with Crippen molar-refractivity contribution in [3.05, 3.63) is 24.3 Å². The molecule has 0 aromatic carbocycles. The Balaban J connectivity index is 2.78. The summed E-state index contributed by atoms with van der Waals surface area (Å²) in [6, 6.07) is 0. The van der Waals surface area contributed by atoms with E-state index in [1.165, 1.54) is 5.57 Å². The first-order chi connectivity index (χ1) is 12.9. The summed E-state index contributed by atoms with van der Waals surface area (Å²) in [5.41, 5.74) is 0.996. The molecular formula is C22H37NO5. The Morgan fingerprint density at radius 3 is 2.29 bits per heavy atom. The lowest BCUT2D eigenvalue weighted by atomic mass is 9.69. The first-order valence-corrected chi connectivity index (χ1v) is 10.1. The number of nitrogens with zero attached hydrogens (tertiary/aromatic N) is 1. The highest BCUT2D eigenvalue weighted by Gasteiger charge is 2.52. The Labute approximate surface area is 169 Å². The topological polar surface area (TPSA) is 65.1 Å². The maximum Gasteiger partial charge on any atom is 0.337 e. The van der Waals surface area contributed by atoms with Crippen molar-refractivity contribution in [2.45, 2.75) is 84.9 Å². The number of hydroxylamine groups is 2. The van der Waals surface area contributed by atoms with E-state index in [1.54, 1.807) is 13.8 Å². The summed E-state index contributed by atoms with van der Waals surface area (Å²) in [5, 5.41) is 2.01. The van der Waals surface area contributed by atoms with Crippen molar-refractivity contribution < 1.29 is 23.9 Å². The van der Waals surface area contributed by atoms with Gasteiger partial charge in [-0.1, -0.05) is 39.5 Å². The van der Waals surface area contributed by atoms with Gasteiger partial charge in [0.05, 0.1) is 5.54 Å². The lowest BCUT2D eigenvalue weighted by Crippen LogP contribution is -2.65. The maximum absolute atomic E-state index is 12.4. The first kappa shape index (κ1) is 24.4. The smallest absolute Gasteiger partial charge is 0.337 e. The third-order valence-electron chi connectivity index (χ3n) is 6.09. The van der Waals surface area contributed by atoms with Gasteiger partial charge >= 0.3 is 11.9 Å². The highest BCUT2D eigenvalue weighted by Crippen LogP contribution is 2.47. The molecule has 28 heavy (non-hydrogen) atoms. The van der Waals surface area contributed by atoms with Gasteiger partial charge in [-0.25, -0.2) is 9.59 Å². The molecule has 1 fully saturated rings. The van der Waals surface area contributed by atoms with Crippen molar-refractivity contribution >= 4 is 11.9 Å². The van der Waals surface area contributed by atoms with Gasteiger partial charge in [0.1, 0.15) is 13.2 Å². The van der Waals surface area contributed by atoms with Crippen molar-refractivity contribution in [3.63, 3.8) is 0 Å². The Hall–Kier alpha value is -1.66. The van der Waals surface area contributed by atoms with E-state index in [0.717, 1.165) is 19.3 Å². The lowest BCUT2D eigenvalue weighted by molar-refractivity contribution is -0.311. The zero-order valence-electron chi connectivity index (χ0n) is 18.6. The van der Waals surface area contributed by atoms with Gasteiger partial charge in [0.2, 0.25) is 0 Å². The van der Waals surface area contributed by atoms with Crippen LogP contribution in [0.1, 0.15) is 67.7 Å². The summed E-state index contributed by atoms with van der Waals surface area (Å²) in [7, 11) is 0. The molecule has 160 valence electrons. The average molecular weight is 396 g/mol. The van der Waals surface area contributed by atoms with Crippen molar-refractivity contribution in [2.24, 2.45) is 5.92 Å². The summed E-state index contributed by atoms with van der Waals surface area (Å²) in [6.07, 6.45) is 1.78. The third kappa shape index (κ3) is 5.23. The van der Waals surface area contributed by atoms with Gasteiger partial charge in [-0.05, 0) is 52.9 Å². The monoisotopic (exact) mass is 395 g/mol. The van der Waals surface area contributed by atoms with Crippen LogP contribution in [0.4, 0.5) is 0 Å². The second-order valence-corrected chi connectivity index (χ2v) is 8.24. The summed E-state index contributed by atoms with van der Waals surface area (Å²) < 4.78 is 10.1. The van der Waals surface area contributed by atoms with Crippen LogP contribution in [0.15, 0.2) is 24.3 Å². The van der Waals surface area contributed by atoms with Crippen LogP contribution in [-0.2, 0) is 23.9 Å². The minimum atomic E-state index is -0.771. The molecule has 1 rings (SSSR count). The van der Waals surface area contributed by atoms with E-state index >= 15 is 0 Å². The zero-order chi connectivity index (χ0) is 21.7. The molecule has 0 bridgehead atoms. The molecule has 0 aromatic rings. The summed E-state index contributed by atoms with van der Waals surface area (Å²) in [6.45, 7) is 21.7. The molecule has 4 unspecified atom stereocenters. The number of esters is 2. The SMILES string of the molecule is C=C(C)C(=O)OCCOC(=O)C(C)ON1C(C)(CC)CC(=C)C(C)C1(C)CC. The number of rotatable bonds is 9. The van der Waals surface area contributed by atoms with Crippen LogP contribution in [-0.4, -0.2) is 47.4 Å². The fraction of sp³-hybridized carbons (Fsp3) is 0.727.